The molecule has 19 heavy (non-hydrogen) atoms. The largest absolute Gasteiger partial charge is 0.207 e. The molecule has 0 nitrogen and oxygen atoms in total. The van der Waals surface area contributed by atoms with Gasteiger partial charge in [-0.15, -0.1) is 0 Å². The molecule has 0 aromatic heterocycles. The third kappa shape index (κ3) is 3.01. The molecular weight excluding hydrogens is 327 g/mol. The van der Waals surface area contributed by atoms with Crippen molar-refractivity contribution in [2.75, 3.05) is 0 Å². The van der Waals surface area contributed by atoms with Crippen molar-refractivity contribution in [3.63, 3.8) is 0 Å². The summed E-state index contributed by atoms with van der Waals surface area (Å²) in [6.45, 7) is 5.87. The molecular formula is C16H15BrClF. The van der Waals surface area contributed by atoms with Crippen LogP contribution in [0.4, 0.5) is 4.39 Å². The number of hydrogen-bond acceptors (Lipinski definition) is 0. The number of hydrogen-bond donors (Lipinski definition) is 0. The average Bonchev–Trinajstić information content (AvgIpc) is 2.36. The fraction of sp³-hybridized carbons (Fsp3) is 0.250. The van der Waals surface area contributed by atoms with Crippen LogP contribution in [-0.2, 0) is 0 Å². The molecule has 2 rings (SSSR count). The Labute approximate surface area is 126 Å². The van der Waals surface area contributed by atoms with E-state index in [4.69, 9.17) is 11.6 Å². The van der Waals surface area contributed by atoms with E-state index >= 15 is 0 Å². The van der Waals surface area contributed by atoms with Gasteiger partial charge in [0.05, 0.1) is 4.83 Å². The van der Waals surface area contributed by atoms with Crippen molar-refractivity contribution in [3.05, 3.63) is 69.0 Å². The highest BCUT2D eigenvalue weighted by atomic mass is 79.9. The molecule has 0 spiro atoms. The molecule has 0 saturated carbocycles. The normalized spacial score (nSPS) is 12.5. The SMILES string of the molecule is Cc1ccc(C)c(C(Br)c2cc(C)c(F)cc2Cl)c1. The first-order valence-electron chi connectivity index (χ1n) is 6.07. The Morgan fingerprint density at radius 3 is 2.37 bits per heavy atom. The Bertz CT molecular complexity index is 622. The number of aryl methyl sites for hydroxylation is 3. The average molecular weight is 342 g/mol. The van der Waals surface area contributed by atoms with Crippen molar-refractivity contribution < 1.29 is 4.39 Å². The fourth-order valence-electron chi connectivity index (χ4n) is 2.07. The molecule has 100 valence electrons. The smallest absolute Gasteiger partial charge is 0.127 e. The Balaban J connectivity index is 2.52. The van der Waals surface area contributed by atoms with Crippen LogP contribution < -0.4 is 0 Å². The van der Waals surface area contributed by atoms with E-state index in [2.05, 4.69) is 48.0 Å². The van der Waals surface area contributed by atoms with Crippen molar-refractivity contribution in [1.29, 1.82) is 0 Å². The second-order valence-corrected chi connectivity index (χ2v) is 6.17. The molecule has 1 unspecified atom stereocenters. The summed E-state index contributed by atoms with van der Waals surface area (Å²) in [5, 5.41) is 0.450. The fourth-order valence-corrected chi connectivity index (χ4v) is 3.34. The molecule has 0 bridgehead atoms. The summed E-state index contributed by atoms with van der Waals surface area (Å²) in [4.78, 5) is -0.0285. The monoisotopic (exact) mass is 340 g/mol. The van der Waals surface area contributed by atoms with E-state index in [1.165, 1.54) is 17.2 Å². The van der Waals surface area contributed by atoms with Gasteiger partial charge in [0.15, 0.2) is 0 Å². The van der Waals surface area contributed by atoms with Gasteiger partial charge in [0.1, 0.15) is 5.82 Å². The summed E-state index contributed by atoms with van der Waals surface area (Å²) in [7, 11) is 0. The van der Waals surface area contributed by atoms with Gasteiger partial charge in [-0.1, -0.05) is 57.4 Å². The molecule has 0 heterocycles. The van der Waals surface area contributed by atoms with Crippen LogP contribution in [0.25, 0.3) is 0 Å². The maximum Gasteiger partial charge on any atom is 0.127 e. The first kappa shape index (κ1) is 14.5. The summed E-state index contributed by atoms with van der Waals surface area (Å²) >= 11 is 9.85. The van der Waals surface area contributed by atoms with Crippen LogP contribution in [0.3, 0.4) is 0 Å². The molecule has 0 aliphatic heterocycles. The van der Waals surface area contributed by atoms with Gasteiger partial charge in [0, 0.05) is 5.02 Å². The van der Waals surface area contributed by atoms with E-state index in [0.29, 0.717) is 10.6 Å². The van der Waals surface area contributed by atoms with Gasteiger partial charge < -0.3 is 0 Å². The lowest BCUT2D eigenvalue weighted by Gasteiger charge is -2.17. The number of halogens is 3. The van der Waals surface area contributed by atoms with Gasteiger partial charge in [-0.2, -0.15) is 0 Å². The van der Waals surface area contributed by atoms with Crippen molar-refractivity contribution in [1.82, 2.24) is 0 Å². The molecule has 2 aromatic carbocycles. The zero-order chi connectivity index (χ0) is 14.2. The lowest BCUT2D eigenvalue weighted by Crippen LogP contribution is -1.99. The number of benzene rings is 2. The molecule has 0 amide bonds. The van der Waals surface area contributed by atoms with Crippen LogP contribution >= 0.6 is 27.5 Å². The molecule has 0 aliphatic rings. The topological polar surface area (TPSA) is 0 Å². The predicted octanol–water partition coefficient (Wildman–Crippen LogP) is 5.89. The van der Waals surface area contributed by atoms with Crippen molar-refractivity contribution >= 4 is 27.5 Å². The van der Waals surface area contributed by atoms with Crippen molar-refractivity contribution in [2.45, 2.75) is 25.6 Å². The molecule has 0 aliphatic carbocycles. The van der Waals surface area contributed by atoms with Crippen LogP contribution in [-0.4, -0.2) is 0 Å². The van der Waals surface area contributed by atoms with Gasteiger partial charge >= 0.3 is 0 Å². The van der Waals surface area contributed by atoms with Crippen molar-refractivity contribution in [3.8, 4) is 0 Å². The van der Waals surface area contributed by atoms with E-state index < -0.39 is 0 Å². The Kier molecular flexibility index (Phi) is 4.32. The van der Waals surface area contributed by atoms with E-state index in [1.54, 1.807) is 13.0 Å². The summed E-state index contributed by atoms with van der Waals surface area (Å²) in [5.41, 5.74) is 5.04. The molecule has 0 fully saturated rings. The highest BCUT2D eigenvalue weighted by Crippen LogP contribution is 2.38. The maximum absolute atomic E-state index is 13.5. The summed E-state index contributed by atoms with van der Waals surface area (Å²) in [6.07, 6.45) is 0. The predicted molar refractivity (Wildman–Crippen MR) is 82.8 cm³/mol. The maximum atomic E-state index is 13.5. The zero-order valence-corrected chi connectivity index (χ0v) is 13.4. The highest BCUT2D eigenvalue weighted by molar-refractivity contribution is 9.09. The number of rotatable bonds is 2. The minimum atomic E-state index is -0.269. The third-order valence-electron chi connectivity index (χ3n) is 3.26. The van der Waals surface area contributed by atoms with Crippen LogP contribution in [0.15, 0.2) is 30.3 Å². The van der Waals surface area contributed by atoms with E-state index in [0.717, 1.165) is 11.1 Å². The van der Waals surface area contributed by atoms with Crippen LogP contribution in [0, 0.1) is 26.6 Å². The van der Waals surface area contributed by atoms with Crippen LogP contribution in [0.5, 0.6) is 0 Å². The minimum Gasteiger partial charge on any atom is -0.207 e. The van der Waals surface area contributed by atoms with Gasteiger partial charge in [-0.05, 0) is 49.1 Å². The molecule has 3 heteroatoms. The zero-order valence-electron chi connectivity index (χ0n) is 11.1. The first-order valence-corrected chi connectivity index (χ1v) is 7.36. The lowest BCUT2D eigenvalue weighted by atomic mass is 9.97. The van der Waals surface area contributed by atoms with Crippen LogP contribution in [0.2, 0.25) is 5.02 Å². The standard InChI is InChI=1S/C16H15BrClF/c1-9-4-5-10(2)12(6-9)16(17)13-7-11(3)15(19)8-14(13)18/h4-8,16H,1-3H3. The van der Waals surface area contributed by atoms with Gasteiger partial charge in [0.25, 0.3) is 0 Å². The van der Waals surface area contributed by atoms with Gasteiger partial charge in [-0.3, -0.25) is 0 Å². The molecule has 1 atom stereocenters. The number of alkyl halides is 1. The highest BCUT2D eigenvalue weighted by Gasteiger charge is 2.17. The molecule has 0 saturated heterocycles. The lowest BCUT2D eigenvalue weighted by molar-refractivity contribution is 0.618. The van der Waals surface area contributed by atoms with Gasteiger partial charge in [0.2, 0.25) is 0 Å². The van der Waals surface area contributed by atoms with E-state index in [9.17, 15) is 4.39 Å². The van der Waals surface area contributed by atoms with E-state index in [-0.39, 0.29) is 10.6 Å². The second kappa shape index (κ2) is 5.64. The Morgan fingerprint density at radius 1 is 1.00 bits per heavy atom. The van der Waals surface area contributed by atoms with Gasteiger partial charge in [-0.25, -0.2) is 4.39 Å². The first-order chi connectivity index (χ1) is 8.90. The van der Waals surface area contributed by atoms with Crippen molar-refractivity contribution in [2.24, 2.45) is 0 Å². The molecule has 0 N–H and O–H groups in total. The van der Waals surface area contributed by atoms with E-state index in [1.807, 2.05) is 0 Å². The molecule has 0 radical (unpaired) electrons. The Hall–Kier alpha value is -0.860. The summed E-state index contributed by atoms with van der Waals surface area (Å²) in [6, 6.07) is 9.48. The Morgan fingerprint density at radius 2 is 1.68 bits per heavy atom. The summed E-state index contributed by atoms with van der Waals surface area (Å²) in [5.74, 6) is -0.269. The second-order valence-electron chi connectivity index (χ2n) is 4.85. The quantitative estimate of drug-likeness (QED) is 0.598. The summed E-state index contributed by atoms with van der Waals surface area (Å²) < 4.78 is 13.5. The third-order valence-corrected chi connectivity index (χ3v) is 4.57. The minimum absolute atomic E-state index is 0.0285. The van der Waals surface area contributed by atoms with Crippen LogP contribution in [0.1, 0.15) is 32.6 Å². The molecule has 2 aromatic rings.